The van der Waals surface area contributed by atoms with Crippen LogP contribution in [-0.2, 0) is 0 Å². The van der Waals surface area contributed by atoms with E-state index in [-0.39, 0.29) is 5.54 Å². The Hall–Kier alpha value is -1.51. The fraction of sp³-hybridized carbons (Fsp3) is 0.632. The molecule has 4 aliphatic carbocycles. The lowest BCUT2D eigenvalue weighted by Gasteiger charge is -2.55. The lowest BCUT2D eigenvalue weighted by Crippen LogP contribution is -2.50. The van der Waals surface area contributed by atoms with E-state index in [4.69, 9.17) is 15.5 Å². The molecule has 0 unspecified atom stereocenters. The van der Waals surface area contributed by atoms with Gasteiger partial charge in [0.2, 0.25) is 0 Å². The van der Waals surface area contributed by atoms with Crippen LogP contribution in [0.15, 0.2) is 29.3 Å². The van der Waals surface area contributed by atoms with Crippen LogP contribution in [0.1, 0.15) is 44.1 Å². The van der Waals surface area contributed by atoms with Crippen molar-refractivity contribution < 1.29 is 4.74 Å². The van der Waals surface area contributed by atoms with Gasteiger partial charge in [0.25, 0.3) is 0 Å². The largest absolute Gasteiger partial charge is 0.486 e. The predicted molar refractivity (Wildman–Crippen MR) is 89.2 cm³/mol. The van der Waals surface area contributed by atoms with E-state index in [0.29, 0.717) is 12.4 Å². The number of benzene rings is 1. The van der Waals surface area contributed by atoms with Crippen LogP contribution >= 0.6 is 0 Å². The van der Waals surface area contributed by atoms with Gasteiger partial charge in [-0.2, -0.15) is 0 Å². The van der Waals surface area contributed by atoms with Crippen molar-refractivity contribution in [2.75, 3.05) is 6.61 Å². The summed E-state index contributed by atoms with van der Waals surface area (Å²) in [7, 11) is 0. The van der Waals surface area contributed by atoms with Gasteiger partial charge in [0, 0.05) is 0 Å². The number of hydrogen-bond acceptors (Lipinski definition) is 2. The third-order valence-electron chi connectivity index (χ3n) is 5.79. The van der Waals surface area contributed by atoms with Gasteiger partial charge < -0.3 is 10.5 Å². The van der Waals surface area contributed by atoms with E-state index >= 15 is 0 Å². The monoisotopic (exact) mass is 298 g/mol. The van der Waals surface area contributed by atoms with Gasteiger partial charge in [0.05, 0.1) is 5.54 Å². The van der Waals surface area contributed by atoms with Crippen molar-refractivity contribution in [2.24, 2.45) is 28.5 Å². The van der Waals surface area contributed by atoms with Crippen molar-refractivity contribution in [3.05, 3.63) is 29.8 Å². The molecule has 0 heterocycles. The average Bonchev–Trinajstić information content (AvgIpc) is 2.44. The fourth-order valence-corrected chi connectivity index (χ4v) is 5.33. The Morgan fingerprint density at radius 2 is 1.64 bits per heavy atom. The quantitative estimate of drug-likeness (QED) is 0.680. The predicted octanol–water partition coefficient (Wildman–Crippen LogP) is 3.70. The molecule has 1 aromatic rings. The first-order valence-corrected chi connectivity index (χ1v) is 8.64. The number of rotatable bonds is 4. The number of ether oxygens (including phenoxy) is 1. The Morgan fingerprint density at radius 1 is 1.09 bits per heavy atom. The maximum Gasteiger partial charge on any atom is 0.145 e. The Balaban J connectivity index is 1.42. The molecule has 4 saturated carbocycles. The smallest absolute Gasteiger partial charge is 0.145 e. The highest BCUT2D eigenvalue weighted by Gasteiger charge is 2.51. The maximum atomic E-state index is 6.20. The number of amidine groups is 1. The first-order valence-electron chi connectivity index (χ1n) is 8.64. The van der Waals surface area contributed by atoms with E-state index in [1.165, 1.54) is 44.1 Å². The second kappa shape index (κ2) is 5.29. The van der Waals surface area contributed by atoms with Gasteiger partial charge in [-0.25, -0.2) is 0 Å². The Bertz CT molecular complexity index is 540. The van der Waals surface area contributed by atoms with Gasteiger partial charge in [-0.15, -0.1) is 0 Å². The van der Waals surface area contributed by atoms with E-state index in [1.807, 2.05) is 12.1 Å². The summed E-state index contributed by atoms with van der Waals surface area (Å²) >= 11 is 0. The van der Waals surface area contributed by atoms with E-state index in [2.05, 4.69) is 19.1 Å². The van der Waals surface area contributed by atoms with E-state index in [9.17, 15) is 0 Å². The van der Waals surface area contributed by atoms with Crippen LogP contribution in [0.5, 0.6) is 5.75 Å². The molecule has 4 bridgehead atoms. The zero-order chi connectivity index (χ0) is 15.2. The van der Waals surface area contributed by atoms with Crippen LogP contribution in [0.4, 0.5) is 0 Å². The molecule has 118 valence electrons. The molecule has 0 spiro atoms. The van der Waals surface area contributed by atoms with Crippen LogP contribution in [-0.4, -0.2) is 18.0 Å². The van der Waals surface area contributed by atoms with Gasteiger partial charge in [-0.05, 0) is 75.3 Å². The van der Waals surface area contributed by atoms with Crippen molar-refractivity contribution >= 4 is 5.84 Å². The molecule has 0 aromatic heterocycles. The minimum absolute atomic E-state index is 0.148. The molecule has 0 radical (unpaired) electrons. The van der Waals surface area contributed by atoms with Crippen molar-refractivity contribution in [3.8, 4) is 5.75 Å². The Morgan fingerprint density at radius 3 is 2.18 bits per heavy atom. The van der Waals surface area contributed by atoms with Crippen LogP contribution in [0.3, 0.4) is 0 Å². The summed E-state index contributed by atoms with van der Waals surface area (Å²) in [5.74, 6) is 4.25. The number of nitrogens with zero attached hydrogens (tertiary/aromatic N) is 1. The molecule has 0 aliphatic heterocycles. The molecular weight excluding hydrogens is 272 g/mol. The van der Waals surface area contributed by atoms with Crippen LogP contribution < -0.4 is 10.5 Å². The van der Waals surface area contributed by atoms with Crippen LogP contribution in [0.2, 0.25) is 0 Å². The topological polar surface area (TPSA) is 47.6 Å². The summed E-state index contributed by atoms with van der Waals surface area (Å²) in [4.78, 5) is 4.97. The van der Waals surface area contributed by atoms with Crippen LogP contribution in [0.25, 0.3) is 0 Å². The van der Waals surface area contributed by atoms with Crippen molar-refractivity contribution in [2.45, 2.75) is 51.0 Å². The van der Waals surface area contributed by atoms with E-state index < -0.39 is 0 Å². The summed E-state index contributed by atoms with van der Waals surface area (Å²) in [5, 5.41) is 0. The normalized spacial score (nSPS) is 36.6. The summed E-state index contributed by atoms with van der Waals surface area (Å²) in [6, 6.07) is 8.10. The lowest BCUT2D eigenvalue weighted by molar-refractivity contribution is 0.00143. The molecule has 0 atom stereocenters. The molecule has 4 aliphatic rings. The second-order valence-corrected chi connectivity index (χ2v) is 7.85. The van der Waals surface area contributed by atoms with Gasteiger partial charge in [-0.1, -0.05) is 17.7 Å². The van der Waals surface area contributed by atoms with Crippen LogP contribution in [0, 0.1) is 24.7 Å². The molecule has 0 saturated heterocycles. The zero-order valence-corrected chi connectivity index (χ0v) is 13.4. The zero-order valence-electron chi connectivity index (χ0n) is 13.4. The van der Waals surface area contributed by atoms with Crippen molar-refractivity contribution in [1.29, 1.82) is 0 Å². The summed E-state index contributed by atoms with van der Waals surface area (Å²) in [5.41, 5.74) is 7.58. The van der Waals surface area contributed by atoms with E-state index in [1.54, 1.807) is 0 Å². The summed E-state index contributed by atoms with van der Waals surface area (Å²) in [6.45, 7) is 2.48. The first-order chi connectivity index (χ1) is 10.6. The number of nitrogens with two attached hydrogens (primary N) is 1. The van der Waals surface area contributed by atoms with Gasteiger partial charge >= 0.3 is 0 Å². The standard InChI is InChI=1S/C19H26N2O/c1-13-2-4-17(5-3-13)22-12-18(20)21-19-9-14-6-15(10-19)8-16(7-14)11-19/h2-5,14-16H,6-12H2,1H3,(H2,20,21). The molecule has 2 N–H and O–H groups in total. The van der Waals surface area contributed by atoms with Gasteiger partial charge in [0.1, 0.15) is 18.2 Å². The first kappa shape index (κ1) is 14.1. The summed E-state index contributed by atoms with van der Waals surface area (Å²) < 4.78 is 5.78. The third kappa shape index (κ3) is 2.73. The molecule has 5 rings (SSSR count). The number of aryl methyl sites for hydroxylation is 1. The number of hydrogen-bond donors (Lipinski definition) is 1. The van der Waals surface area contributed by atoms with Crippen molar-refractivity contribution in [1.82, 2.24) is 0 Å². The average molecular weight is 298 g/mol. The number of aliphatic imine (C=N–C) groups is 1. The molecule has 4 fully saturated rings. The minimum atomic E-state index is 0.148. The fourth-order valence-electron chi connectivity index (χ4n) is 5.33. The van der Waals surface area contributed by atoms with Crippen molar-refractivity contribution in [3.63, 3.8) is 0 Å². The maximum absolute atomic E-state index is 6.20. The highest BCUT2D eigenvalue weighted by Crippen LogP contribution is 2.57. The SMILES string of the molecule is Cc1ccc(OCC(N)=NC23CC4CC(CC(C4)C2)C3)cc1. The summed E-state index contributed by atoms with van der Waals surface area (Å²) in [6.07, 6.45) is 8.08. The Labute approximate surface area is 133 Å². The third-order valence-corrected chi connectivity index (χ3v) is 5.79. The van der Waals surface area contributed by atoms with Gasteiger partial charge in [-0.3, -0.25) is 4.99 Å². The second-order valence-electron chi connectivity index (χ2n) is 7.85. The molecule has 22 heavy (non-hydrogen) atoms. The Kier molecular flexibility index (Phi) is 3.39. The highest BCUT2D eigenvalue weighted by atomic mass is 16.5. The molecular formula is C19H26N2O. The van der Waals surface area contributed by atoms with Gasteiger partial charge in [0.15, 0.2) is 0 Å². The van der Waals surface area contributed by atoms with E-state index in [0.717, 1.165) is 23.5 Å². The molecule has 0 amide bonds. The molecule has 3 nitrogen and oxygen atoms in total. The molecule has 1 aromatic carbocycles. The minimum Gasteiger partial charge on any atom is -0.486 e. The lowest BCUT2D eigenvalue weighted by atomic mass is 9.53. The molecule has 3 heteroatoms. The highest BCUT2D eigenvalue weighted by molar-refractivity contribution is 5.82.